The molecule has 4 heterocycles. The highest BCUT2D eigenvalue weighted by Gasteiger charge is 2.45. The first-order chi connectivity index (χ1) is 38.7. The number of anilines is 2. The third-order valence-electron chi connectivity index (χ3n) is 13.8. The van der Waals surface area contributed by atoms with Crippen LogP contribution in [0.4, 0.5) is 15.8 Å². The van der Waals surface area contributed by atoms with E-state index in [0.717, 1.165) is 36.3 Å². The lowest BCUT2D eigenvalue weighted by atomic mass is 9.94. The third-order valence-corrected chi connectivity index (χ3v) is 13.8. The number of halogens is 1. The number of benzene rings is 4. The molecule has 8 rings (SSSR count). The molecule has 422 valence electrons. The molecule has 1 unspecified atom stereocenters. The van der Waals surface area contributed by atoms with Crippen LogP contribution in [-0.2, 0) is 43.4 Å². The molecule has 0 spiro atoms. The number of ether oxygens (including phenoxy) is 3. The number of carboxylic acid groups (broad SMARTS) is 1. The topological polar surface area (TPSA) is 266 Å². The normalized spacial score (nSPS) is 15.0. The monoisotopic (exact) mass is 1100 g/mol. The Morgan fingerprint density at radius 1 is 0.812 bits per heavy atom. The maximum atomic E-state index is 14.7. The molecule has 21 heteroatoms. The van der Waals surface area contributed by atoms with Crippen molar-refractivity contribution in [2.75, 3.05) is 50.2 Å². The van der Waals surface area contributed by atoms with Crippen molar-refractivity contribution in [1.29, 1.82) is 0 Å². The lowest BCUT2D eigenvalue weighted by Crippen LogP contribution is -2.54. The number of carbonyl (C=O) groups is 6. The van der Waals surface area contributed by atoms with Crippen LogP contribution in [0.2, 0.25) is 0 Å². The summed E-state index contributed by atoms with van der Waals surface area (Å²) in [5, 5.41) is 47.5. The number of piperidine rings is 1. The number of amides is 5. The standard InChI is InChI=1S/C59H67FN8O12/c1-37(2)54-53(57(75)62-41-12-5-3-6-13-41)51(55(38-18-20-40(60)21-19-38)67(54)26-24-43(69)34-44(70)35-50(72)73)39-11-9-15-45(33-39)80-28-8-4-7-14-42-36-66(65-64-42)27-30-79-32-31-78-29-25-61-47-17-10-16-46-52(47)59(77)68(58(46)76)48-22-23-49(71)63-56(48)74/h3,5-6,9-13,15-21,33,36-37,43-44,48,61,69-70H,4,7-8,14,22-32,34-35H2,1-2H3,(H,62,75)(H,72,73)(H,63,71,74)/t43-,44-,48?/m1/s1. The van der Waals surface area contributed by atoms with E-state index in [1.54, 1.807) is 47.1 Å². The molecule has 4 aromatic carbocycles. The van der Waals surface area contributed by atoms with Gasteiger partial charge in [-0.25, -0.2) is 9.07 Å². The predicted octanol–water partition coefficient (Wildman–Crippen LogP) is 7.24. The summed E-state index contributed by atoms with van der Waals surface area (Å²) in [6.45, 7) is 6.78. The summed E-state index contributed by atoms with van der Waals surface area (Å²) in [5.74, 6) is -3.85. The van der Waals surface area contributed by atoms with Gasteiger partial charge in [-0.15, -0.1) is 5.10 Å². The summed E-state index contributed by atoms with van der Waals surface area (Å²) < 4.78 is 36.0. The summed E-state index contributed by atoms with van der Waals surface area (Å²) in [4.78, 5) is 77.3. The number of aryl methyl sites for hydroxylation is 1. The van der Waals surface area contributed by atoms with Crippen LogP contribution in [0.1, 0.15) is 114 Å². The number of aliphatic hydroxyl groups is 2. The van der Waals surface area contributed by atoms with E-state index in [1.807, 2.05) is 67.1 Å². The maximum Gasteiger partial charge on any atom is 0.305 e. The number of rotatable bonds is 30. The van der Waals surface area contributed by atoms with Crippen LogP contribution in [0.25, 0.3) is 22.4 Å². The molecule has 2 aliphatic heterocycles. The molecular formula is C59H67FN8O12. The number of aliphatic hydroxyl groups excluding tert-OH is 2. The molecule has 0 radical (unpaired) electrons. The summed E-state index contributed by atoms with van der Waals surface area (Å²) >= 11 is 0. The molecular weight excluding hydrogens is 1030 g/mol. The van der Waals surface area contributed by atoms with Crippen LogP contribution in [-0.4, -0.2) is 133 Å². The van der Waals surface area contributed by atoms with Crippen LogP contribution < -0.4 is 20.7 Å². The molecule has 0 bridgehead atoms. The van der Waals surface area contributed by atoms with Crippen molar-refractivity contribution >= 4 is 46.9 Å². The average Bonchev–Trinajstić information content (AvgIpc) is 4.20. The first-order valence-corrected chi connectivity index (χ1v) is 27.0. The largest absolute Gasteiger partial charge is 0.494 e. The number of aliphatic carboxylic acids is 1. The number of nitrogens with zero attached hydrogens (tertiary/aromatic N) is 5. The average molecular weight is 1100 g/mol. The second kappa shape index (κ2) is 27.7. The zero-order valence-electron chi connectivity index (χ0n) is 44.8. The molecule has 1 fully saturated rings. The van der Waals surface area contributed by atoms with Crippen molar-refractivity contribution in [2.45, 2.75) is 109 Å². The number of nitrogens with one attached hydrogen (secondary N) is 3. The van der Waals surface area contributed by atoms with E-state index in [1.165, 1.54) is 12.1 Å². The number of fused-ring (bicyclic) bond motifs is 1. The van der Waals surface area contributed by atoms with Crippen LogP contribution in [0.15, 0.2) is 103 Å². The second-order valence-electron chi connectivity index (χ2n) is 20.0. The lowest BCUT2D eigenvalue weighted by Gasteiger charge is -2.27. The van der Waals surface area contributed by atoms with Crippen molar-refractivity contribution in [3.63, 3.8) is 0 Å². The van der Waals surface area contributed by atoms with Gasteiger partial charge in [-0.05, 0) is 123 Å². The fraction of sp³-hybridized carbons (Fsp3) is 0.390. The van der Waals surface area contributed by atoms with Gasteiger partial charge in [0.05, 0.1) is 86.3 Å². The molecule has 20 nitrogen and oxygen atoms in total. The third kappa shape index (κ3) is 14.8. The van der Waals surface area contributed by atoms with E-state index >= 15 is 0 Å². The Hall–Kier alpha value is -8.11. The summed E-state index contributed by atoms with van der Waals surface area (Å²) in [5.41, 5.74) is 5.89. The van der Waals surface area contributed by atoms with Crippen LogP contribution in [0, 0.1) is 5.82 Å². The van der Waals surface area contributed by atoms with Crippen LogP contribution in [0.5, 0.6) is 5.75 Å². The fourth-order valence-corrected chi connectivity index (χ4v) is 10.1. The molecule has 80 heavy (non-hydrogen) atoms. The number of carboxylic acids is 1. The Morgan fingerprint density at radius 3 is 2.33 bits per heavy atom. The molecule has 0 saturated carbocycles. The van der Waals surface area contributed by atoms with Gasteiger partial charge in [0.1, 0.15) is 17.6 Å². The van der Waals surface area contributed by atoms with Crippen LogP contribution >= 0.6 is 0 Å². The highest BCUT2D eigenvalue weighted by Crippen LogP contribution is 2.44. The first-order valence-electron chi connectivity index (χ1n) is 27.0. The Morgan fingerprint density at radius 2 is 1.57 bits per heavy atom. The van der Waals surface area contributed by atoms with Gasteiger partial charge in [-0.3, -0.25) is 39.0 Å². The zero-order valence-corrected chi connectivity index (χ0v) is 44.8. The molecule has 0 aliphatic carbocycles. The minimum Gasteiger partial charge on any atom is -0.494 e. The minimum atomic E-state index is -1.24. The predicted molar refractivity (Wildman–Crippen MR) is 294 cm³/mol. The van der Waals surface area contributed by atoms with Gasteiger partial charge in [-0.1, -0.05) is 55.5 Å². The summed E-state index contributed by atoms with van der Waals surface area (Å²) in [6.07, 6.45) is 2.39. The Kier molecular flexibility index (Phi) is 20.1. The molecule has 1 saturated heterocycles. The van der Waals surface area contributed by atoms with Crippen molar-refractivity contribution < 1.29 is 62.7 Å². The lowest BCUT2D eigenvalue weighted by molar-refractivity contribution is -0.140. The van der Waals surface area contributed by atoms with E-state index in [-0.39, 0.29) is 55.2 Å². The number of unbranched alkanes of at least 4 members (excludes halogenated alkanes) is 2. The van der Waals surface area contributed by atoms with Gasteiger partial charge >= 0.3 is 5.97 Å². The van der Waals surface area contributed by atoms with E-state index in [9.17, 15) is 48.5 Å². The Bertz CT molecular complexity index is 3140. The second-order valence-corrected chi connectivity index (χ2v) is 20.0. The highest BCUT2D eigenvalue weighted by molar-refractivity contribution is 6.25. The Labute approximate surface area is 462 Å². The zero-order chi connectivity index (χ0) is 56.7. The number of para-hydroxylation sites is 1. The minimum absolute atomic E-state index is 0.0428. The number of hydrogen-bond acceptors (Lipinski definition) is 14. The SMILES string of the molecule is CC(C)c1c(C(=O)Nc2ccccc2)c(-c2cccc(OCCCCCc3cn(CCOCCOCCNc4cccc5c4C(=O)N(C4CCC(=O)NC4=O)C5=O)nn3)c2)c(-c2ccc(F)cc2)n1CC[C@@H](O)C[C@@H](O)CC(=O)O. The van der Waals surface area contributed by atoms with Crippen molar-refractivity contribution in [1.82, 2.24) is 29.8 Å². The van der Waals surface area contributed by atoms with Gasteiger partial charge < -0.3 is 44.7 Å². The van der Waals surface area contributed by atoms with E-state index in [2.05, 4.69) is 26.3 Å². The number of imide groups is 2. The highest BCUT2D eigenvalue weighted by atomic mass is 19.1. The smallest absolute Gasteiger partial charge is 0.305 e. The molecule has 3 atom stereocenters. The fourth-order valence-electron chi connectivity index (χ4n) is 10.1. The number of aromatic nitrogens is 4. The molecule has 5 amide bonds. The van der Waals surface area contributed by atoms with Gasteiger partial charge in [0, 0.05) is 48.3 Å². The Balaban J connectivity index is 0.806. The molecule has 2 aromatic heterocycles. The van der Waals surface area contributed by atoms with Gasteiger partial charge in [0.15, 0.2) is 0 Å². The summed E-state index contributed by atoms with van der Waals surface area (Å²) in [6, 6.07) is 26.4. The molecule has 6 N–H and O–H groups in total. The summed E-state index contributed by atoms with van der Waals surface area (Å²) in [7, 11) is 0. The van der Waals surface area contributed by atoms with Crippen LogP contribution in [0.3, 0.4) is 0 Å². The van der Waals surface area contributed by atoms with Gasteiger partial charge in [-0.2, -0.15) is 0 Å². The maximum absolute atomic E-state index is 14.7. The van der Waals surface area contributed by atoms with E-state index < -0.39 is 60.1 Å². The van der Waals surface area contributed by atoms with Crippen molar-refractivity contribution in [3.8, 4) is 28.1 Å². The van der Waals surface area contributed by atoms with E-state index in [4.69, 9.17) is 14.2 Å². The number of carbonyl (C=O) groups excluding carboxylic acids is 5. The first kappa shape index (κ1) is 58.0. The molecule has 6 aromatic rings. The van der Waals surface area contributed by atoms with Crippen molar-refractivity contribution in [3.05, 3.63) is 137 Å². The van der Waals surface area contributed by atoms with Crippen molar-refractivity contribution in [2.24, 2.45) is 0 Å². The van der Waals surface area contributed by atoms with E-state index in [0.29, 0.717) is 96.9 Å². The molecule has 2 aliphatic rings. The van der Waals surface area contributed by atoms with Gasteiger partial charge in [0.25, 0.3) is 17.7 Å². The number of hydrogen-bond donors (Lipinski definition) is 6. The quantitative estimate of drug-likeness (QED) is 0.0192. The van der Waals surface area contributed by atoms with Gasteiger partial charge in [0.2, 0.25) is 11.8 Å².